The highest BCUT2D eigenvalue weighted by Crippen LogP contribution is 2.21. The van der Waals surface area contributed by atoms with E-state index in [0.717, 1.165) is 0 Å². The summed E-state index contributed by atoms with van der Waals surface area (Å²) in [7, 11) is 0. The molecule has 5 nitrogen and oxygen atoms in total. The fourth-order valence-electron chi connectivity index (χ4n) is 1.15. The SMILES string of the molecule is CCOC(=O)C(C)(C#N)c1nccc(C)n1. The van der Waals surface area contributed by atoms with Crippen LogP contribution in [0.25, 0.3) is 0 Å². The molecule has 0 aromatic carbocycles. The minimum Gasteiger partial charge on any atom is -0.464 e. The highest BCUT2D eigenvalue weighted by molar-refractivity contribution is 5.85. The van der Waals surface area contributed by atoms with Crippen LogP contribution in [0, 0.1) is 18.3 Å². The number of rotatable bonds is 3. The van der Waals surface area contributed by atoms with Crippen LogP contribution in [0.4, 0.5) is 0 Å². The summed E-state index contributed by atoms with van der Waals surface area (Å²) in [6.07, 6.45) is 1.52. The van der Waals surface area contributed by atoms with Gasteiger partial charge in [-0.15, -0.1) is 0 Å². The van der Waals surface area contributed by atoms with Gasteiger partial charge < -0.3 is 4.74 Å². The maximum absolute atomic E-state index is 11.7. The van der Waals surface area contributed by atoms with Crippen LogP contribution in [0.3, 0.4) is 0 Å². The van der Waals surface area contributed by atoms with Gasteiger partial charge in [0.1, 0.15) is 0 Å². The second kappa shape index (κ2) is 4.71. The molecule has 0 bridgehead atoms. The molecule has 1 rings (SSSR count). The van der Waals surface area contributed by atoms with Crippen LogP contribution in [0.1, 0.15) is 25.4 Å². The molecule has 0 radical (unpaired) electrons. The highest BCUT2D eigenvalue weighted by Gasteiger charge is 2.40. The lowest BCUT2D eigenvalue weighted by atomic mass is 9.91. The Labute approximate surface area is 94.1 Å². The van der Waals surface area contributed by atoms with Gasteiger partial charge in [0.2, 0.25) is 5.41 Å². The number of aromatic nitrogens is 2. The number of aryl methyl sites for hydroxylation is 1. The Morgan fingerprint density at radius 1 is 1.69 bits per heavy atom. The van der Waals surface area contributed by atoms with Crippen LogP contribution >= 0.6 is 0 Å². The van der Waals surface area contributed by atoms with E-state index in [1.807, 2.05) is 6.07 Å². The van der Waals surface area contributed by atoms with Crippen molar-refractivity contribution in [1.82, 2.24) is 9.97 Å². The first-order valence-corrected chi connectivity index (χ1v) is 4.93. The summed E-state index contributed by atoms with van der Waals surface area (Å²) in [6, 6.07) is 3.61. The topological polar surface area (TPSA) is 75.9 Å². The monoisotopic (exact) mass is 219 g/mol. The quantitative estimate of drug-likeness (QED) is 0.712. The van der Waals surface area contributed by atoms with Crippen molar-refractivity contribution in [3.05, 3.63) is 23.8 Å². The average molecular weight is 219 g/mol. The second-order valence-corrected chi connectivity index (χ2v) is 3.48. The molecular weight excluding hydrogens is 206 g/mol. The number of hydrogen-bond donors (Lipinski definition) is 0. The van der Waals surface area contributed by atoms with E-state index in [0.29, 0.717) is 5.69 Å². The zero-order chi connectivity index (χ0) is 12.2. The Morgan fingerprint density at radius 2 is 2.38 bits per heavy atom. The van der Waals surface area contributed by atoms with Gasteiger partial charge >= 0.3 is 5.97 Å². The number of ether oxygens (including phenoxy) is 1. The summed E-state index contributed by atoms with van der Waals surface area (Å²) < 4.78 is 4.85. The van der Waals surface area contributed by atoms with Crippen molar-refractivity contribution in [3.63, 3.8) is 0 Å². The molecule has 0 saturated carbocycles. The van der Waals surface area contributed by atoms with Gasteiger partial charge in [-0.3, -0.25) is 0 Å². The minimum absolute atomic E-state index is 0.174. The van der Waals surface area contributed by atoms with Crippen molar-refractivity contribution in [2.24, 2.45) is 0 Å². The van der Waals surface area contributed by atoms with Gasteiger partial charge in [0.05, 0.1) is 12.7 Å². The number of hydrogen-bond acceptors (Lipinski definition) is 5. The van der Waals surface area contributed by atoms with Crippen molar-refractivity contribution in [2.45, 2.75) is 26.2 Å². The molecule has 1 unspecified atom stereocenters. The fraction of sp³-hybridized carbons (Fsp3) is 0.455. The van der Waals surface area contributed by atoms with Crippen molar-refractivity contribution in [1.29, 1.82) is 5.26 Å². The van der Waals surface area contributed by atoms with Crippen LogP contribution < -0.4 is 0 Å². The molecule has 84 valence electrons. The zero-order valence-electron chi connectivity index (χ0n) is 9.52. The molecule has 1 atom stereocenters. The normalized spacial score (nSPS) is 13.6. The van der Waals surface area contributed by atoms with Gasteiger partial charge in [0.15, 0.2) is 5.82 Å². The maximum atomic E-state index is 11.7. The molecule has 0 amide bonds. The molecule has 16 heavy (non-hydrogen) atoms. The molecule has 1 aromatic heterocycles. The minimum atomic E-state index is -1.44. The lowest BCUT2D eigenvalue weighted by molar-refractivity contribution is -0.147. The third-order valence-corrected chi connectivity index (χ3v) is 2.15. The molecule has 1 aromatic rings. The predicted molar refractivity (Wildman–Crippen MR) is 56.4 cm³/mol. The third kappa shape index (κ3) is 2.16. The van der Waals surface area contributed by atoms with E-state index in [-0.39, 0.29) is 12.4 Å². The van der Waals surface area contributed by atoms with Crippen LogP contribution in [0.5, 0.6) is 0 Å². The molecule has 0 spiro atoms. The molecular formula is C11H13N3O2. The highest BCUT2D eigenvalue weighted by atomic mass is 16.5. The number of carbonyl (C=O) groups excluding carboxylic acids is 1. The van der Waals surface area contributed by atoms with E-state index in [9.17, 15) is 4.79 Å². The van der Waals surface area contributed by atoms with Crippen molar-refractivity contribution < 1.29 is 9.53 Å². The Bertz CT molecular complexity index is 439. The van der Waals surface area contributed by atoms with Gasteiger partial charge in [-0.05, 0) is 26.8 Å². The van der Waals surface area contributed by atoms with Gasteiger partial charge in [-0.25, -0.2) is 14.8 Å². The summed E-state index contributed by atoms with van der Waals surface area (Å²) in [5.74, 6) is -0.448. The van der Waals surface area contributed by atoms with Crippen molar-refractivity contribution in [2.75, 3.05) is 6.61 Å². The Balaban J connectivity index is 3.16. The van der Waals surface area contributed by atoms with Crippen LogP contribution in [-0.4, -0.2) is 22.5 Å². The summed E-state index contributed by atoms with van der Waals surface area (Å²) >= 11 is 0. The van der Waals surface area contributed by atoms with E-state index in [2.05, 4.69) is 9.97 Å². The Kier molecular flexibility index (Phi) is 3.56. The zero-order valence-corrected chi connectivity index (χ0v) is 9.52. The summed E-state index contributed by atoms with van der Waals surface area (Å²) in [5.41, 5.74) is -0.738. The maximum Gasteiger partial charge on any atom is 0.334 e. The molecule has 0 aliphatic rings. The number of esters is 1. The summed E-state index contributed by atoms with van der Waals surface area (Å²) in [4.78, 5) is 19.7. The smallest absolute Gasteiger partial charge is 0.334 e. The predicted octanol–water partition coefficient (Wildman–Crippen LogP) is 1.13. The van der Waals surface area contributed by atoms with Gasteiger partial charge in [-0.1, -0.05) is 0 Å². The Hall–Kier alpha value is -1.96. The van der Waals surface area contributed by atoms with Crippen LogP contribution in [0.2, 0.25) is 0 Å². The largest absolute Gasteiger partial charge is 0.464 e. The van der Waals surface area contributed by atoms with E-state index >= 15 is 0 Å². The molecule has 1 heterocycles. The van der Waals surface area contributed by atoms with Crippen molar-refractivity contribution in [3.8, 4) is 6.07 Å². The van der Waals surface area contributed by atoms with Gasteiger partial charge in [0.25, 0.3) is 0 Å². The number of carbonyl (C=O) groups is 1. The molecule has 0 saturated heterocycles. The second-order valence-electron chi connectivity index (χ2n) is 3.48. The first-order chi connectivity index (χ1) is 7.54. The molecule has 0 aliphatic heterocycles. The van der Waals surface area contributed by atoms with E-state index in [1.165, 1.54) is 13.1 Å². The lowest BCUT2D eigenvalue weighted by Crippen LogP contribution is -2.35. The van der Waals surface area contributed by atoms with E-state index < -0.39 is 11.4 Å². The Morgan fingerprint density at radius 3 is 2.88 bits per heavy atom. The van der Waals surface area contributed by atoms with Crippen LogP contribution in [-0.2, 0) is 14.9 Å². The average Bonchev–Trinajstić information content (AvgIpc) is 2.28. The fourth-order valence-corrected chi connectivity index (χ4v) is 1.15. The van der Waals surface area contributed by atoms with Crippen molar-refractivity contribution >= 4 is 5.97 Å². The molecule has 0 N–H and O–H groups in total. The third-order valence-electron chi connectivity index (χ3n) is 2.15. The van der Waals surface area contributed by atoms with Gasteiger partial charge in [0, 0.05) is 11.9 Å². The summed E-state index contributed by atoms with van der Waals surface area (Å²) in [5, 5.41) is 9.10. The number of nitrogens with zero attached hydrogens (tertiary/aromatic N) is 3. The molecule has 0 fully saturated rings. The standard InChI is InChI=1S/C11H13N3O2/c1-4-16-10(15)11(3,7-12)9-13-6-5-8(2)14-9/h5-6H,4H2,1-3H3. The number of nitriles is 1. The van der Waals surface area contributed by atoms with E-state index in [1.54, 1.807) is 19.9 Å². The first-order valence-electron chi connectivity index (χ1n) is 4.93. The first kappa shape index (κ1) is 12.1. The molecule has 0 aliphatic carbocycles. The van der Waals surface area contributed by atoms with E-state index in [4.69, 9.17) is 10.00 Å². The summed E-state index contributed by atoms with van der Waals surface area (Å²) in [6.45, 7) is 5.14. The lowest BCUT2D eigenvalue weighted by Gasteiger charge is -2.17. The molecule has 5 heteroatoms. The van der Waals surface area contributed by atoms with Gasteiger partial charge in [-0.2, -0.15) is 5.26 Å². The van der Waals surface area contributed by atoms with Crippen LogP contribution in [0.15, 0.2) is 12.3 Å².